The van der Waals surface area contributed by atoms with Crippen LogP contribution in [0.25, 0.3) is 16.8 Å². The van der Waals surface area contributed by atoms with Gasteiger partial charge in [0.25, 0.3) is 0 Å². The predicted molar refractivity (Wildman–Crippen MR) is 84.4 cm³/mol. The normalized spacial score (nSPS) is 23.5. The second-order valence-corrected chi connectivity index (χ2v) is 5.93. The maximum atomic E-state index is 12.8. The summed E-state index contributed by atoms with van der Waals surface area (Å²) in [5.74, 6) is -0.0758. The fourth-order valence-electron chi connectivity index (χ4n) is 3.27. The molecule has 0 saturated carbocycles. The van der Waals surface area contributed by atoms with Gasteiger partial charge in [-0.05, 0) is 34.4 Å². The molecule has 0 bridgehead atoms. The van der Waals surface area contributed by atoms with Gasteiger partial charge >= 0.3 is 6.18 Å². The zero-order valence-corrected chi connectivity index (χ0v) is 12.2. The summed E-state index contributed by atoms with van der Waals surface area (Å²) in [5.41, 5.74) is 7.92. The fourth-order valence-corrected chi connectivity index (χ4v) is 3.27. The Labute approximate surface area is 131 Å². The molecule has 2 aromatic rings. The first kappa shape index (κ1) is 14.3. The molecule has 2 N–H and O–H groups in total. The molecule has 1 aliphatic carbocycles. The quantitative estimate of drug-likeness (QED) is 0.832. The fraction of sp³-hybridized carbons (Fsp3) is 0.222. The second kappa shape index (κ2) is 5.13. The molecule has 0 aromatic heterocycles. The average Bonchev–Trinajstić information content (AvgIpc) is 3.04. The summed E-state index contributed by atoms with van der Waals surface area (Å²) in [6.07, 6.45) is 1.62. The third-order valence-corrected chi connectivity index (χ3v) is 4.48. The number of allylic oxidation sites excluding steroid dienone is 1. The summed E-state index contributed by atoms with van der Waals surface area (Å²) >= 11 is 0. The van der Waals surface area contributed by atoms with Crippen LogP contribution in [0.2, 0.25) is 0 Å². The zero-order valence-electron chi connectivity index (χ0n) is 12.2. The molecule has 5 heteroatoms. The molecular formula is C18H15F3N2. The lowest BCUT2D eigenvalue weighted by Crippen LogP contribution is -2.42. The van der Waals surface area contributed by atoms with E-state index < -0.39 is 12.2 Å². The first-order chi connectivity index (χ1) is 11.0. The Morgan fingerprint density at radius 3 is 2.65 bits per heavy atom. The van der Waals surface area contributed by atoms with Crippen molar-refractivity contribution in [3.05, 3.63) is 65.4 Å². The summed E-state index contributed by atoms with van der Waals surface area (Å²) in [6, 6.07) is 10.6. The van der Waals surface area contributed by atoms with E-state index in [-0.39, 0.29) is 5.92 Å². The molecule has 0 fully saturated rings. The zero-order chi connectivity index (χ0) is 16.0. The highest BCUT2D eigenvalue weighted by atomic mass is 19.4. The van der Waals surface area contributed by atoms with Crippen molar-refractivity contribution in [2.24, 2.45) is 5.92 Å². The van der Waals surface area contributed by atoms with Crippen molar-refractivity contribution < 1.29 is 13.2 Å². The molecular weight excluding hydrogens is 301 g/mol. The molecule has 2 nitrogen and oxygen atoms in total. The van der Waals surface area contributed by atoms with Gasteiger partial charge < -0.3 is 5.43 Å². The third kappa shape index (κ3) is 2.51. The van der Waals surface area contributed by atoms with Gasteiger partial charge in [-0.1, -0.05) is 48.6 Å². The Kier molecular flexibility index (Phi) is 3.20. The Bertz CT molecular complexity index is 821. The van der Waals surface area contributed by atoms with Crippen molar-refractivity contribution in [1.82, 2.24) is 10.9 Å². The van der Waals surface area contributed by atoms with Gasteiger partial charge in [-0.3, -0.25) is 0 Å². The molecule has 2 atom stereocenters. The van der Waals surface area contributed by atoms with E-state index in [0.29, 0.717) is 12.1 Å². The van der Waals surface area contributed by atoms with E-state index in [9.17, 15) is 13.2 Å². The van der Waals surface area contributed by atoms with Gasteiger partial charge in [0, 0.05) is 11.6 Å². The number of benzene rings is 2. The van der Waals surface area contributed by atoms with Gasteiger partial charge in [-0.25, -0.2) is 5.43 Å². The molecule has 2 unspecified atom stereocenters. The van der Waals surface area contributed by atoms with Crippen molar-refractivity contribution >= 4 is 16.8 Å². The Morgan fingerprint density at radius 2 is 1.87 bits per heavy atom. The lowest BCUT2D eigenvalue weighted by Gasteiger charge is -2.22. The number of nitrogens with one attached hydrogen (secondary N) is 2. The van der Waals surface area contributed by atoms with Gasteiger partial charge in [-0.15, -0.1) is 0 Å². The topological polar surface area (TPSA) is 24.1 Å². The van der Waals surface area contributed by atoms with Crippen molar-refractivity contribution in [2.45, 2.75) is 18.6 Å². The van der Waals surface area contributed by atoms with E-state index in [1.807, 2.05) is 24.3 Å². The number of hydrogen-bond donors (Lipinski definition) is 2. The maximum Gasteiger partial charge on any atom is 0.409 e. The first-order valence-corrected chi connectivity index (χ1v) is 7.51. The number of rotatable bonds is 1. The Balaban J connectivity index is 1.68. The minimum Gasteiger partial charge on any atom is -0.324 e. The highest BCUT2D eigenvalue weighted by Crippen LogP contribution is 2.34. The van der Waals surface area contributed by atoms with Crippen LogP contribution in [-0.2, 0) is 6.42 Å². The molecule has 0 radical (unpaired) electrons. The number of alkyl halides is 3. The summed E-state index contributed by atoms with van der Waals surface area (Å²) in [7, 11) is 0. The Morgan fingerprint density at radius 1 is 1.04 bits per heavy atom. The standard InChI is InChI=1S/C18H15F3N2/c19-18(20,21)17-10-16(22-23-17)13-8-7-12-6-5-11-3-1-2-4-14(11)15(12)9-13/h1-8,10,13,17,22-23H,9H2. The van der Waals surface area contributed by atoms with E-state index in [2.05, 4.69) is 35.1 Å². The van der Waals surface area contributed by atoms with Crippen molar-refractivity contribution in [3.8, 4) is 0 Å². The minimum atomic E-state index is -4.28. The van der Waals surface area contributed by atoms with Crippen LogP contribution in [0.3, 0.4) is 0 Å². The maximum absolute atomic E-state index is 12.8. The van der Waals surface area contributed by atoms with Crippen LogP contribution in [0.15, 0.2) is 54.2 Å². The Hall–Kier alpha value is -2.27. The van der Waals surface area contributed by atoms with E-state index in [4.69, 9.17) is 0 Å². The van der Waals surface area contributed by atoms with Crippen LogP contribution >= 0.6 is 0 Å². The van der Waals surface area contributed by atoms with Crippen molar-refractivity contribution in [1.29, 1.82) is 0 Å². The van der Waals surface area contributed by atoms with Gasteiger partial charge in [0.1, 0.15) is 6.04 Å². The van der Waals surface area contributed by atoms with Gasteiger partial charge in [-0.2, -0.15) is 13.2 Å². The molecule has 4 rings (SSSR count). The molecule has 1 aliphatic heterocycles. The lowest BCUT2D eigenvalue weighted by molar-refractivity contribution is -0.144. The molecule has 118 valence electrons. The van der Waals surface area contributed by atoms with Crippen LogP contribution in [-0.4, -0.2) is 12.2 Å². The second-order valence-electron chi connectivity index (χ2n) is 5.93. The molecule has 0 saturated heterocycles. The summed E-state index contributed by atoms with van der Waals surface area (Å²) in [4.78, 5) is 0. The number of fused-ring (bicyclic) bond motifs is 3. The molecule has 0 amide bonds. The predicted octanol–water partition coefficient (Wildman–Crippen LogP) is 3.95. The van der Waals surface area contributed by atoms with Crippen LogP contribution in [0.1, 0.15) is 11.1 Å². The molecule has 23 heavy (non-hydrogen) atoms. The van der Waals surface area contributed by atoms with Crippen molar-refractivity contribution in [2.75, 3.05) is 0 Å². The smallest absolute Gasteiger partial charge is 0.324 e. The molecule has 1 heterocycles. The largest absolute Gasteiger partial charge is 0.409 e. The van der Waals surface area contributed by atoms with Crippen LogP contribution in [0.5, 0.6) is 0 Å². The van der Waals surface area contributed by atoms with Crippen LogP contribution < -0.4 is 10.9 Å². The highest BCUT2D eigenvalue weighted by Gasteiger charge is 2.41. The summed E-state index contributed by atoms with van der Waals surface area (Å²) < 4.78 is 38.4. The van der Waals surface area contributed by atoms with Crippen LogP contribution in [0, 0.1) is 5.92 Å². The SMILES string of the molecule is FC(F)(F)C1C=C(C2C=Cc3ccc4ccccc4c3C2)NN1. The first-order valence-electron chi connectivity index (χ1n) is 7.51. The summed E-state index contributed by atoms with van der Waals surface area (Å²) in [6.45, 7) is 0. The van der Waals surface area contributed by atoms with E-state index in [0.717, 1.165) is 10.9 Å². The molecule has 0 spiro atoms. The highest BCUT2D eigenvalue weighted by molar-refractivity contribution is 5.89. The summed E-state index contributed by atoms with van der Waals surface area (Å²) in [5, 5.41) is 2.32. The van der Waals surface area contributed by atoms with Gasteiger partial charge in [0.2, 0.25) is 0 Å². The number of hydrazine groups is 1. The lowest BCUT2D eigenvalue weighted by atomic mass is 9.84. The number of halogens is 3. The van der Waals surface area contributed by atoms with Crippen LogP contribution in [0.4, 0.5) is 13.2 Å². The van der Waals surface area contributed by atoms with E-state index >= 15 is 0 Å². The number of hydrogen-bond acceptors (Lipinski definition) is 2. The average molecular weight is 316 g/mol. The molecule has 2 aliphatic rings. The van der Waals surface area contributed by atoms with Crippen molar-refractivity contribution in [3.63, 3.8) is 0 Å². The monoisotopic (exact) mass is 316 g/mol. The van der Waals surface area contributed by atoms with E-state index in [1.165, 1.54) is 17.0 Å². The van der Waals surface area contributed by atoms with Gasteiger partial charge in [0.15, 0.2) is 0 Å². The van der Waals surface area contributed by atoms with E-state index in [1.54, 1.807) is 0 Å². The molecule has 2 aromatic carbocycles. The third-order valence-electron chi connectivity index (χ3n) is 4.48. The van der Waals surface area contributed by atoms with Gasteiger partial charge in [0.05, 0.1) is 0 Å². The minimum absolute atomic E-state index is 0.0758.